The first-order valence-electron chi connectivity index (χ1n) is 14.0. The van der Waals surface area contributed by atoms with Gasteiger partial charge in [0, 0.05) is 32.3 Å². The van der Waals surface area contributed by atoms with Crippen molar-refractivity contribution in [2.75, 3.05) is 59.3 Å². The number of carbonyl (C=O) groups excluding carboxylic acids is 1. The molecule has 0 aromatic rings. The molecule has 7 heteroatoms. The van der Waals surface area contributed by atoms with Crippen molar-refractivity contribution in [3.8, 4) is 0 Å². The number of amides is 2. The summed E-state index contributed by atoms with van der Waals surface area (Å²) < 4.78 is 0.997. The normalized spacial score (nSPS) is 12.3. The Kier molecular flexibility index (Phi) is 28.2. The first-order chi connectivity index (χ1) is 15.9. The summed E-state index contributed by atoms with van der Waals surface area (Å²) in [7, 11) is 8.36. The second-order valence-corrected chi connectivity index (χ2v) is 11.8. The van der Waals surface area contributed by atoms with Gasteiger partial charge >= 0.3 is 6.03 Å². The van der Waals surface area contributed by atoms with E-state index in [1.54, 1.807) is 7.05 Å². The lowest BCUT2D eigenvalue weighted by Gasteiger charge is -2.24. The highest BCUT2D eigenvalue weighted by molar-refractivity contribution is 7.99. The summed E-state index contributed by atoms with van der Waals surface area (Å²) >= 11 is 1.98. The molecule has 0 aliphatic rings. The maximum atomic E-state index is 11.8. The van der Waals surface area contributed by atoms with Crippen molar-refractivity contribution in [1.29, 1.82) is 0 Å². The molecule has 0 fully saturated rings. The highest BCUT2D eigenvalue weighted by Crippen LogP contribution is 2.14. The average Bonchev–Trinajstić information content (AvgIpc) is 2.77. The van der Waals surface area contributed by atoms with Gasteiger partial charge in [-0.05, 0) is 12.2 Å². The molecule has 0 aromatic heterocycles. The number of carbonyl (C=O) groups is 1. The van der Waals surface area contributed by atoms with Crippen molar-refractivity contribution < 1.29 is 33.3 Å². The van der Waals surface area contributed by atoms with Gasteiger partial charge in [0.25, 0.3) is 0 Å². The van der Waals surface area contributed by atoms with Crippen LogP contribution < -0.4 is 39.9 Å². The van der Waals surface area contributed by atoms with E-state index in [4.69, 9.17) is 0 Å². The smallest absolute Gasteiger partial charge is 0.314 e. The van der Waals surface area contributed by atoms with Crippen LogP contribution in [0, 0.1) is 0 Å². The summed E-state index contributed by atoms with van der Waals surface area (Å²) in [5.74, 6) is 2.18. The molecule has 0 bridgehead atoms. The van der Waals surface area contributed by atoms with Gasteiger partial charge in [0.2, 0.25) is 0 Å². The number of unbranched alkanes of at least 4 members (excludes halogenated alkanes) is 13. The van der Waals surface area contributed by atoms with E-state index in [0.717, 1.165) is 36.3 Å². The van der Waals surface area contributed by atoms with Gasteiger partial charge in [-0.2, -0.15) is 11.8 Å². The molecule has 3 N–H and O–H groups in total. The summed E-state index contributed by atoms with van der Waals surface area (Å²) in [6.07, 6.45) is 20.9. The van der Waals surface area contributed by atoms with E-state index in [-0.39, 0.29) is 36.0 Å². The highest BCUT2D eigenvalue weighted by Gasteiger charge is 2.12. The lowest BCUT2D eigenvalue weighted by Crippen LogP contribution is -3.00. The molecule has 1 atom stereocenters. The molecule has 5 nitrogen and oxygen atoms in total. The van der Waals surface area contributed by atoms with E-state index < -0.39 is 0 Å². The molecule has 0 heterocycles. The number of halogens is 1. The van der Waals surface area contributed by atoms with Crippen molar-refractivity contribution in [3.63, 3.8) is 0 Å². The zero-order valence-electron chi connectivity index (χ0n) is 23.4. The van der Waals surface area contributed by atoms with Gasteiger partial charge in [-0.3, -0.25) is 0 Å². The Morgan fingerprint density at radius 3 is 1.76 bits per heavy atom. The monoisotopic (exact) mass is 614 g/mol. The van der Waals surface area contributed by atoms with Gasteiger partial charge in [0.05, 0.1) is 33.7 Å². The fourth-order valence-electron chi connectivity index (χ4n) is 3.99. The Morgan fingerprint density at radius 1 is 0.794 bits per heavy atom. The lowest BCUT2D eigenvalue weighted by molar-refractivity contribution is -0.870. The Balaban J connectivity index is 0. The third-order valence-corrected chi connectivity index (χ3v) is 7.31. The number of quaternary nitrogens is 1. The molecule has 0 aliphatic heterocycles. The average molecular weight is 615 g/mol. The van der Waals surface area contributed by atoms with Crippen LogP contribution in [0.1, 0.15) is 103 Å². The Hall–Kier alpha value is 0.270. The van der Waals surface area contributed by atoms with Crippen LogP contribution in [-0.4, -0.2) is 75.9 Å². The van der Waals surface area contributed by atoms with E-state index in [0.29, 0.717) is 0 Å². The number of hydrogen-bond acceptors (Lipinski definition) is 3. The summed E-state index contributed by atoms with van der Waals surface area (Å²) in [6.45, 7) is 5.30. The summed E-state index contributed by atoms with van der Waals surface area (Å²) in [6, 6.07) is 0.107. The largest absolute Gasteiger partial charge is 1.00 e. The van der Waals surface area contributed by atoms with Gasteiger partial charge in [-0.15, -0.1) is 0 Å². The van der Waals surface area contributed by atoms with E-state index in [2.05, 4.69) is 44.0 Å². The van der Waals surface area contributed by atoms with Gasteiger partial charge < -0.3 is 44.4 Å². The molecule has 0 radical (unpaired) electrons. The van der Waals surface area contributed by atoms with Gasteiger partial charge in [0.15, 0.2) is 0 Å². The molecule has 0 aliphatic carbocycles. The van der Waals surface area contributed by atoms with Crippen LogP contribution in [0.3, 0.4) is 0 Å². The molecule has 0 aromatic carbocycles. The van der Waals surface area contributed by atoms with Crippen LogP contribution in [0.2, 0.25) is 0 Å². The molecular weight excluding hydrogens is 555 g/mol. The van der Waals surface area contributed by atoms with Crippen molar-refractivity contribution in [2.24, 2.45) is 0 Å². The van der Waals surface area contributed by atoms with Gasteiger partial charge in [-0.25, -0.2) is 4.79 Å². The Bertz CT molecular complexity index is 435. The second kappa shape index (κ2) is 26.3. The highest BCUT2D eigenvalue weighted by atomic mass is 127. The standard InChI is InChI=1S/C27H58N4OS.HI/c1-6-7-8-9-10-11-12-13-14-15-16-17-18-19-23-33-25-26(30-27(32)28-2)24-29-21-20-22-31(3,4)5;/h26,29H,6-25H2,1-5H3,(H-,28,30,32);1H. The topological polar surface area (TPSA) is 53.2 Å². The number of nitrogens with zero attached hydrogens (tertiary/aromatic N) is 1. The zero-order valence-corrected chi connectivity index (χ0v) is 26.3. The Morgan fingerprint density at radius 2 is 1.29 bits per heavy atom. The molecule has 2 amide bonds. The summed E-state index contributed by atoms with van der Waals surface area (Å²) in [4.78, 5) is 11.8. The zero-order chi connectivity index (χ0) is 24.6. The van der Waals surface area contributed by atoms with E-state index in [9.17, 15) is 4.79 Å². The first-order valence-corrected chi connectivity index (χ1v) is 15.1. The van der Waals surface area contributed by atoms with Crippen molar-refractivity contribution >= 4 is 17.8 Å². The van der Waals surface area contributed by atoms with Crippen LogP contribution in [0.4, 0.5) is 4.79 Å². The predicted octanol–water partition coefficient (Wildman–Crippen LogP) is 3.19. The first kappa shape index (κ1) is 36.4. The lowest BCUT2D eigenvalue weighted by atomic mass is 10.0. The molecular formula is C27H59IN4OS. The number of nitrogens with one attached hydrogen (secondary N) is 3. The maximum absolute atomic E-state index is 11.8. The molecule has 0 spiro atoms. The molecule has 0 saturated heterocycles. The summed E-state index contributed by atoms with van der Waals surface area (Å²) in [5, 5.41) is 9.30. The van der Waals surface area contributed by atoms with E-state index in [1.165, 1.54) is 95.6 Å². The molecule has 0 rings (SSSR count). The number of hydrogen-bond donors (Lipinski definition) is 3. The molecule has 34 heavy (non-hydrogen) atoms. The van der Waals surface area contributed by atoms with Crippen molar-refractivity contribution in [3.05, 3.63) is 0 Å². The second-order valence-electron chi connectivity index (χ2n) is 10.7. The minimum atomic E-state index is -0.0785. The van der Waals surface area contributed by atoms with E-state index in [1.807, 2.05) is 11.8 Å². The van der Waals surface area contributed by atoms with Crippen molar-refractivity contribution in [1.82, 2.24) is 16.0 Å². The third-order valence-electron chi connectivity index (χ3n) is 6.10. The molecule has 206 valence electrons. The Labute approximate surface area is 234 Å². The van der Waals surface area contributed by atoms with Crippen LogP contribution in [0.5, 0.6) is 0 Å². The SMILES string of the molecule is CCCCCCCCCCCCCCCCSCC(CNCCC[N+](C)(C)C)NC(=O)NC.[I-]. The molecule has 1 unspecified atom stereocenters. The summed E-state index contributed by atoms with van der Waals surface area (Å²) in [5.41, 5.74) is 0. The fraction of sp³-hybridized carbons (Fsp3) is 0.963. The molecule has 0 saturated carbocycles. The number of thioether (sulfide) groups is 1. The minimum absolute atomic E-state index is 0. The van der Waals surface area contributed by atoms with Crippen LogP contribution >= 0.6 is 11.8 Å². The van der Waals surface area contributed by atoms with Crippen LogP contribution in [0.15, 0.2) is 0 Å². The van der Waals surface area contributed by atoms with E-state index >= 15 is 0 Å². The minimum Gasteiger partial charge on any atom is -1.00 e. The third kappa shape index (κ3) is 28.5. The number of urea groups is 1. The predicted molar refractivity (Wildman–Crippen MR) is 149 cm³/mol. The fourth-order valence-corrected chi connectivity index (χ4v) is 5.05. The van der Waals surface area contributed by atoms with Crippen LogP contribution in [0.25, 0.3) is 0 Å². The van der Waals surface area contributed by atoms with Gasteiger partial charge in [-0.1, -0.05) is 90.4 Å². The quantitative estimate of drug-likeness (QED) is 0.0890. The van der Waals surface area contributed by atoms with Gasteiger partial charge in [0.1, 0.15) is 0 Å². The van der Waals surface area contributed by atoms with Crippen LogP contribution in [-0.2, 0) is 0 Å². The number of rotatable bonds is 24. The van der Waals surface area contributed by atoms with Crippen molar-refractivity contribution in [2.45, 2.75) is 109 Å². The maximum Gasteiger partial charge on any atom is 0.314 e.